The van der Waals surface area contributed by atoms with Gasteiger partial charge in [0, 0.05) is 39.0 Å². The van der Waals surface area contributed by atoms with E-state index in [-0.39, 0.29) is 24.8 Å². The third-order valence-electron chi connectivity index (χ3n) is 7.36. The fraction of sp³-hybridized carbons (Fsp3) is 0.444. The molecular weight excluding hydrogens is 554 g/mol. The van der Waals surface area contributed by atoms with Crippen LogP contribution >= 0.6 is 0 Å². The Morgan fingerprint density at radius 1 is 0.841 bits per heavy atom. The summed E-state index contributed by atoms with van der Waals surface area (Å²) in [5.41, 5.74) is 3.05. The minimum absolute atomic E-state index is 0.0899. The monoisotopic (exact) mass is 603 g/mol. The first-order valence-corrected chi connectivity index (χ1v) is 15.8. The van der Waals surface area contributed by atoms with Crippen LogP contribution in [0.3, 0.4) is 0 Å². The molecule has 0 aliphatic heterocycles. The largest absolute Gasteiger partial charge is 0.497 e. The number of amides is 2. The molecule has 0 unspecified atom stereocenters. The van der Waals surface area contributed by atoms with Crippen molar-refractivity contribution in [3.63, 3.8) is 0 Å². The maximum absolute atomic E-state index is 13.0. The standard InChI is InChI=1S/C36H49N3O5/c1-4-20-39(21-5-2)36(42)19-11-18-35(41)38-33(34(40)26-37-25-30-15-10-16-31(23-30)43-3)24-29-14-9-17-32(22-29)44-27-28-12-7-6-8-13-28/h6-10,12-17,22-23,33-34,37,40H,4-5,11,18-21,24-27H2,1-3H3,(H,38,41)/t33-,34+/m0/s1. The molecule has 0 aromatic heterocycles. The van der Waals surface area contributed by atoms with E-state index in [0.29, 0.717) is 32.4 Å². The predicted octanol–water partition coefficient (Wildman–Crippen LogP) is 5.27. The molecule has 0 saturated carbocycles. The number of nitrogens with zero attached hydrogens (tertiary/aromatic N) is 1. The lowest BCUT2D eigenvalue weighted by atomic mass is 10.00. The van der Waals surface area contributed by atoms with E-state index in [1.165, 1.54) is 0 Å². The third-order valence-corrected chi connectivity index (χ3v) is 7.36. The Hall–Kier alpha value is -3.88. The van der Waals surface area contributed by atoms with E-state index in [4.69, 9.17) is 9.47 Å². The Morgan fingerprint density at radius 2 is 1.50 bits per heavy atom. The minimum atomic E-state index is -0.843. The number of aliphatic hydroxyl groups excluding tert-OH is 1. The van der Waals surface area contributed by atoms with E-state index in [9.17, 15) is 14.7 Å². The highest BCUT2D eigenvalue weighted by atomic mass is 16.5. The second-order valence-electron chi connectivity index (χ2n) is 11.1. The van der Waals surface area contributed by atoms with Crippen molar-refractivity contribution in [2.45, 2.75) is 77.7 Å². The highest BCUT2D eigenvalue weighted by Crippen LogP contribution is 2.18. The number of hydrogen-bond acceptors (Lipinski definition) is 6. The number of aliphatic hydroxyl groups is 1. The molecule has 0 fully saturated rings. The zero-order valence-corrected chi connectivity index (χ0v) is 26.5. The Balaban J connectivity index is 1.61. The van der Waals surface area contributed by atoms with Crippen LogP contribution < -0.4 is 20.1 Å². The van der Waals surface area contributed by atoms with Gasteiger partial charge in [0.05, 0.1) is 19.3 Å². The van der Waals surface area contributed by atoms with E-state index in [1.54, 1.807) is 7.11 Å². The zero-order chi connectivity index (χ0) is 31.6. The highest BCUT2D eigenvalue weighted by molar-refractivity contribution is 5.79. The van der Waals surface area contributed by atoms with Crippen molar-refractivity contribution in [2.75, 3.05) is 26.7 Å². The number of carbonyl (C=O) groups is 2. The molecule has 3 N–H and O–H groups in total. The number of benzene rings is 3. The average molecular weight is 604 g/mol. The topological polar surface area (TPSA) is 100 Å². The molecule has 238 valence electrons. The third kappa shape index (κ3) is 12.4. The summed E-state index contributed by atoms with van der Waals surface area (Å²) in [5.74, 6) is 1.41. The maximum Gasteiger partial charge on any atom is 0.222 e. The summed E-state index contributed by atoms with van der Waals surface area (Å²) >= 11 is 0. The summed E-state index contributed by atoms with van der Waals surface area (Å²) in [7, 11) is 1.63. The van der Waals surface area contributed by atoms with Crippen LogP contribution in [-0.4, -0.2) is 60.7 Å². The van der Waals surface area contributed by atoms with Crippen LogP contribution in [0.2, 0.25) is 0 Å². The molecule has 3 rings (SSSR count). The van der Waals surface area contributed by atoms with Crippen molar-refractivity contribution in [3.05, 3.63) is 95.6 Å². The Bertz CT molecular complexity index is 1260. The molecule has 8 heteroatoms. The minimum Gasteiger partial charge on any atom is -0.497 e. The first-order valence-electron chi connectivity index (χ1n) is 15.8. The van der Waals surface area contributed by atoms with Crippen molar-refractivity contribution in [3.8, 4) is 11.5 Å². The molecule has 0 aliphatic rings. The van der Waals surface area contributed by atoms with Gasteiger partial charge in [0.25, 0.3) is 0 Å². The molecule has 2 atom stereocenters. The van der Waals surface area contributed by atoms with E-state index < -0.39 is 12.1 Å². The zero-order valence-electron chi connectivity index (χ0n) is 26.5. The van der Waals surface area contributed by atoms with Crippen LogP contribution in [0, 0.1) is 0 Å². The van der Waals surface area contributed by atoms with Crippen molar-refractivity contribution < 1.29 is 24.2 Å². The lowest BCUT2D eigenvalue weighted by Crippen LogP contribution is -2.48. The number of carbonyl (C=O) groups excluding carboxylic acids is 2. The van der Waals surface area contributed by atoms with Crippen LogP contribution in [0.25, 0.3) is 0 Å². The van der Waals surface area contributed by atoms with Gasteiger partial charge in [-0.1, -0.05) is 68.4 Å². The van der Waals surface area contributed by atoms with Gasteiger partial charge in [-0.3, -0.25) is 9.59 Å². The highest BCUT2D eigenvalue weighted by Gasteiger charge is 2.22. The van der Waals surface area contributed by atoms with Gasteiger partial charge in [-0.2, -0.15) is 0 Å². The summed E-state index contributed by atoms with van der Waals surface area (Å²) in [6.45, 7) is 6.89. The van der Waals surface area contributed by atoms with Gasteiger partial charge in [0.2, 0.25) is 11.8 Å². The normalized spacial score (nSPS) is 12.3. The van der Waals surface area contributed by atoms with Gasteiger partial charge >= 0.3 is 0 Å². The summed E-state index contributed by atoms with van der Waals surface area (Å²) in [5, 5.41) is 17.6. The SMILES string of the molecule is CCCN(CCC)C(=O)CCCC(=O)N[C@@H](Cc1cccc(OCc2ccccc2)c1)[C@H](O)CNCc1cccc(OC)c1. The Labute approximate surface area is 262 Å². The first-order chi connectivity index (χ1) is 21.4. The molecule has 3 aromatic carbocycles. The molecule has 3 aromatic rings. The number of rotatable bonds is 20. The quantitative estimate of drug-likeness (QED) is 0.163. The lowest BCUT2D eigenvalue weighted by Gasteiger charge is -2.25. The maximum atomic E-state index is 13.0. The second kappa shape index (κ2) is 19.4. The van der Waals surface area contributed by atoms with Gasteiger partial charge in [0.1, 0.15) is 18.1 Å². The molecule has 2 amide bonds. The molecular formula is C36H49N3O5. The second-order valence-corrected chi connectivity index (χ2v) is 11.1. The smallest absolute Gasteiger partial charge is 0.222 e. The number of nitrogens with one attached hydrogen (secondary N) is 2. The molecule has 8 nitrogen and oxygen atoms in total. The first kappa shape index (κ1) is 34.6. The van der Waals surface area contributed by atoms with E-state index in [0.717, 1.165) is 54.1 Å². The Kier molecular flexibility index (Phi) is 15.3. The van der Waals surface area contributed by atoms with Gasteiger partial charge in [-0.05, 0) is 66.6 Å². The van der Waals surface area contributed by atoms with Crippen molar-refractivity contribution >= 4 is 11.8 Å². The summed E-state index contributed by atoms with van der Waals surface area (Å²) in [4.78, 5) is 27.6. The predicted molar refractivity (Wildman–Crippen MR) is 175 cm³/mol. The van der Waals surface area contributed by atoms with Crippen LogP contribution in [-0.2, 0) is 29.2 Å². The van der Waals surface area contributed by atoms with Gasteiger partial charge in [-0.25, -0.2) is 0 Å². The van der Waals surface area contributed by atoms with E-state index >= 15 is 0 Å². The van der Waals surface area contributed by atoms with Crippen LogP contribution in [0.1, 0.15) is 62.6 Å². The van der Waals surface area contributed by atoms with Gasteiger partial charge in [0.15, 0.2) is 0 Å². The number of ether oxygens (including phenoxy) is 2. The van der Waals surface area contributed by atoms with Crippen molar-refractivity contribution in [1.29, 1.82) is 0 Å². The molecule has 0 aliphatic carbocycles. The van der Waals surface area contributed by atoms with Gasteiger partial charge < -0.3 is 30.1 Å². The van der Waals surface area contributed by atoms with Crippen LogP contribution in [0.4, 0.5) is 0 Å². The van der Waals surface area contributed by atoms with Crippen molar-refractivity contribution in [2.24, 2.45) is 0 Å². The fourth-order valence-electron chi connectivity index (χ4n) is 5.07. The molecule has 0 radical (unpaired) electrons. The molecule has 0 bridgehead atoms. The van der Waals surface area contributed by atoms with E-state index in [1.807, 2.05) is 83.8 Å². The molecule has 0 heterocycles. The summed E-state index contributed by atoms with van der Waals surface area (Å²) in [6, 6.07) is 24.9. The van der Waals surface area contributed by atoms with Gasteiger partial charge in [-0.15, -0.1) is 0 Å². The van der Waals surface area contributed by atoms with Crippen LogP contribution in [0.5, 0.6) is 11.5 Å². The fourth-order valence-corrected chi connectivity index (χ4v) is 5.07. The number of methoxy groups -OCH3 is 1. The lowest BCUT2D eigenvalue weighted by molar-refractivity contribution is -0.131. The average Bonchev–Trinajstić information content (AvgIpc) is 3.04. The van der Waals surface area contributed by atoms with E-state index in [2.05, 4.69) is 24.5 Å². The molecule has 0 saturated heterocycles. The van der Waals surface area contributed by atoms with Crippen LogP contribution in [0.15, 0.2) is 78.9 Å². The number of hydrogen-bond donors (Lipinski definition) is 3. The summed E-state index contributed by atoms with van der Waals surface area (Å²) in [6.07, 6.45) is 2.43. The Morgan fingerprint density at radius 3 is 2.20 bits per heavy atom. The summed E-state index contributed by atoms with van der Waals surface area (Å²) < 4.78 is 11.3. The molecule has 44 heavy (non-hydrogen) atoms. The van der Waals surface area contributed by atoms with Crippen molar-refractivity contribution in [1.82, 2.24) is 15.5 Å². The molecule has 0 spiro atoms.